The Morgan fingerprint density at radius 1 is 1.25 bits per heavy atom. The van der Waals surface area contributed by atoms with E-state index in [1.807, 2.05) is 0 Å². The van der Waals surface area contributed by atoms with Crippen LogP contribution in [0.2, 0.25) is 0 Å². The van der Waals surface area contributed by atoms with Gasteiger partial charge in [-0.2, -0.15) is 4.21 Å². The maximum Gasteiger partial charge on any atom is 0.197 e. The number of hydrogen-bond acceptors (Lipinski definition) is 2. The molecule has 1 nitrogen and oxygen atoms in total. The third-order valence-corrected chi connectivity index (χ3v) is 0. The van der Waals surface area contributed by atoms with Gasteiger partial charge in [0.15, 0.2) is 12.5 Å². The van der Waals surface area contributed by atoms with Crippen molar-refractivity contribution in [2.45, 2.75) is 0 Å². The van der Waals surface area contributed by atoms with E-state index in [1.165, 1.54) is 0 Å². The minimum Gasteiger partial charge on any atom is -0.197 e. The number of hydrogen-bond donors (Lipinski definition) is 0. The van der Waals surface area contributed by atoms with Gasteiger partial charge in [0.1, 0.15) is 0 Å². The van der Waals surface area contributed by atoms with Gasteiger partial charge < -0.3 is 0 Å². The normalized spacial score (nSPS) is 1.00. The fourth-order valence-electron chi connectivity index (χ4n) is 0. The molecule has 0 aromatic heterocycles. The second-order valence-electron chi connectivity index (χ2n) is 0. The van der Waals surface area contributed by atoms with Gasteiger partial charge in [-0.3, -0.25) is 0 Å². The van der Waals surface area contributed by atoms with E-state index in [0.29, 0.717) is 0 Å². The molecule has 0 atom stereocenters. The van der Waals surface area contributed by atoms with Gasteiger partial charge in [0.25, 0.3) is 0 Å². The first-order chi connectivity index (χ1) is 1.00. The van der Waals surface area contributed by atoms with Crippen LogP contribution < -0.4 is 0 Å². The molecular weight excluding hydrogens is 307 g/mol. The maximum absolute atomic E-state index is 7.83. The van der Waals surface area contributed by atoms with Crippen LogP contribution in [0.4, 0.5) is 0 Å². The summed E-state index contributed by atoms with van der Waals surface area (Å²) in [7, 11) is 0. The summed E-state index contributed by atoms with van der Waals surface area (Å²) in [5, 5.41) is 0. The van der Waals surface area contributed by atoms with Gasteiger partial charge in [-0.15, -0.1) is 0 Å². The average Bonchev–Trinajstić information content (AvgIpc) is 1.00. The van der Waals surface area contributed by atoms with E-state index in [-0.39, 0.29) is 38.1 Å². The maximum atomic E-state index is 7.83. The molecule has 4 heavy (non-hydrogen) atoms. The van der Waals surface area contributed by atoms with Gasteiger partial charge >= 0.3 is 0 Å². The zero-order chi connectivity index (χ0) is 2.00. The van der Waals surface area contributed by atoms with Gasteiger partial charge in [0.2, 0.25) is 0 Å². The van der Waals surface area contributed by atoms with Gasteiger partial charge in [-0.05, 0) is 0 Å². The molecule has 0 heterocycles. The van der Waals surface area contributed by atoms with E-state index in [0.717, 1.165) is 0 Å². The van der Waals surface area contributed by atoms with E-state index >= 15 is 0 Å². The van der Waals surface area contributed by atoms with Crippen molar-refractivity contribution in [3.63, 3.8) is 0 Å². The Labute approximate surface area is 54.8 Å². The average molecular weight is 307 g/mol. The topological polar surface area (TPSA) is 17.1 Å². The summed E-state index contributed by atoms with van der Waals surface area (Å²) in [6, 6.07) is 0. The Morgan fingerprint density at radius 2 is 1.25 bits per heavy atom. The molecule has 0 N–H and O–H groups in total. The molecule has 0 aromatic rings. The molecule has 0 spiro atoms. The zero-order valence-corrected chi connectivity index (χ0v) is 5.46. The van der Waals surface area contributed by atoms with Crippen LogP contribution in [0, 0.1) is 0 Å². The fourth-order valence-corrected chi connectivity index (χ4v) is 0. The van der Waals surface area contributed by atoms with Gasteiger partial charge in [0.05, 0.1) is 0 Å². The second kappa shape index (κ2) is 29.2. The van der Waals surface area contributed by atoms with Crippen LogP contribution in [-0.4, -0.2) is 4.21 Å². The van der Waals surface area contributed by atoms with Gasteiger partial charge in [-0.25, -0.2) is 0 Å². The zero-order valence-electron chi connectivity index (χ0n) is 1.43. The van der Waals surface area contributed by atoms with Crippen LogP contribution in [0.1, 0.15) is 0 Å². The molecule has 0 aliphatic rings. The minimum absolute atomic E-state index is 0. The molecular formula is CuOPtS. The van der Waals surface area contributed by atoms with Crippen LogP contribution in [-0.2, 0) is 50.7 Å². The van der Waals surface area contributed by atoms with Crippen LogP contribution in [0.3, 0.4) is 0 Å². The standard InChI is InChI=1S/Cu.OS.Pt/c;1-2;. The smallest absolute Gasteiger partial charge is 0.197 e. The van der Waals surface area contributed by atoms with E-state index in [1.54, 1.807) is 0 Å². The molecule has 0 aliphatic carbocycles. The van der Waals surface area contributed by atoms with Crippen molar-refractivity contribution in [3.05, 3.63) is 0 Å². The molecule has 0 unspecified atom stereocenters. The van der Waals surface area contributed by atoms with Crippen molar-refractivity contribution in [2.75, 3.05) is 0 Å². The first kappa shape index (κ1) is 18.8. The van der Waals surface area contributed by atoms with Crippen molar-refractivity contribution in [3.8, 4) is 0 Å². The summed E-state index contributed by atoms with van der Waals surface area (Å²) < 4.78 is 7.83. The summed E-state index contributed by atoms with van der Waals surface area (Å²) in [6.07, 6.45) is 0. The summed E-state index contributed by atoms with van der Waals surface area (Å²) in [6.45, 7) is 0. The molecule has 0 aliphatic heterocycles. The van der Waals surface area contributed by atoms with Crippen LogP contribution in [0.5, 0.6) is 0 Å². The van der Waals surface area contributed by atoms with Crippen molar-refractivity contribution in [1.82, 2.24) is 0 Å². The molecule has 0 saturated carbocycles. The number of rotatable bonds is 0. The Balaban J connectivity index is -0.00000000500. The van der Waals surface area contributed by atoms with Crippen LogP contribution >= 0.6 is 0 Å². The minimum atomic E-state index is 0. The molecule has 0 rings (SSSR count). The first-order valence-corrected chi connectivity index (χ1v) is 0.500. The quantitative estimate of drug-likeness (QED) is 0.570. The molecule has 33 valence electrons. The van der Waals surface area contributed by atoms with Crippen molar-refractivity contribution in [1.29, 1.82) is 0 Å². The Bertz CT molecular complexity index is 8.00. The van der Waals surface area contributed by atoms with Crippen LogP contribution in [0.15, 0.2) is 0 Å². The molecule has 1 radical (unpaired) electrons. The predicted molar refractivity (Wildman–Crippen MR) is 8.14 cm³/mol. The molecule has 0 aromatic carbocycles. The first-order valence-electron chi connectivity index (χ1n) is 0.167. The van der Waals surface area contributed by atoms with Crippen molar-refractivity contribution in [2.24, 2.45) is 0 Å². The largest absolute Gasteiger partial charge is 0.197 e. The molecule has 0 amide bonds. The monoisotopic (exact) mass is 306 g/mol. The SMILES string of the molecule is O=S.[Cu].[Pt]. The summed E-state index contributed by atoms with van der Waals surface area (Å²) >= 11 is 2.83. The van der Waals surface area contributed by atoms with E-state index in [4.69, 9.17) is 4.21 Å². The summed E-state index contributed by atoms with van der Waals surface area (Å²) in [4.78, 5) is 0. The Morgan fingerprint density at radius 3 is 1.25 bits per heavy atom. The van der Waals surface area contributed by atoms with E-state index in [9.17, 15) is 0 Å². The summed E-state index contributed by atoms with van der Waals surface area (Å²) in [5.74, 6) is 0. The van der Waals surface area contributed by atoms with Crippen LogP contribution in [0.25, 0.3) is 0 Å². The third-order valence-electron chi connectivity index (χ3n) is 0. The predicted octanol–water partition coefficient (Wildman–Crippen LogP) is -0.341. The molecule has 0 saturated heterocycles. The molecule has 4 heteroatoms. The molecule has 0 fully saturated rings. The Kier molecular flexibility index (Phi) is 138. The Hall–Kier alpha value is 1.23. The van der Waals surface area contributed by atoms with Gasteiger partial charge in [0, 0.05) is 38.1 Å². The second-order valence-corrected chi connectivity index (χ2v) is 0. The van der Waals surface area contributed by atoms with E-state index in [2.05, 4.69) is 12.5 Å². The van der Waals surface area contributed by atoms with Gasteiger partial charge in [-0.1, -0.05) is 0 Å². The summed E-state index contributed by atoms with van der Waals surface area (Å²) in [5.41, 5.74) is 0. The third kappa shape index (κ3) is 10.6. The van der Waals surface area contributed by atoms with Crippen molar-refractivity contribution >= 4 is 12.5 Å². The van der Waals surface area contributed by atoms with Crippen molar-refractivity contribution < 1.29 is 42.3 Å². The van der Waals surface area contributed by atoms with E-state index < -0.39 is 0 Å². The molecule has 0 bridgehead atoms. The fraction of sp³-hybridized carbons (Fsp3) is 0.